The van der Waals surface area contributed by atoms with Crippen LogP contribution in [0, 0.1) is 11.2 Å². The van der Waals surface area contributed by atoms with E-state index in [1.807, 2.05) is 6.92 Å². The minimum Gasteiger partial charge on any atom is -0.396 e. The topological polar surface area (TPSA) is 43.8 Å². The zero-order valence-electron chi connectivity index (χ0n) is 13.6. The number of aliphatic hydroxyl groups is 1. The van der Waals surface area contributed by atoms with Crippen LogP contribution in [-0.2, 0) is 4.79 Å². The third kappa shape index (κ3) is 3.47. The predicted molar refractivity (Wildman–Crippen MR) is 83.8 cm³/mol. The lowest BCUT2D eigenvalue weighted by Crippen LogP contribution is -2.47. The number of amides is 1. The summed E-state index contributed by atoms with van der Waals surface area (Å²) in [4.78, 5) is 16.4. The Morgan fingerprint density at radius 1 is 1.36 bits per heavy atom. The van der Waals surface area contributed by atoms with Crippen molar-refractivity contribution in [3.63, 3.8) is 0 Å². The maximum Gasteiger partial charge on any atom is 0.244 e. The van der Waals surface area contributed by atoms with Crippen LogP contribution in [0.4, 0.5) is 4.39 Å². The van der Waals surface area contributed by atoms with Crippen molar-refractivity contribution in [2.45, 2.75) is 25.8 Å². The number of aliphatic hydroxyl groups excluding tert-OH is 1. The van der Waals surface area contributed by atoms with Gasteiger partial charge in [0, 0.05) is 25.3 Å². The Bertz CT molecular complexity index is 525. The molecule has 4 nitrogen and oxygen atoms in total. The summed E-state index contributed by atoms with van der Waals surface area (Å²) in [5.74, 6) is -0.429. The van der Waals surface area contributed by atoms with Gasteiger partial charge in [0.2, 0.25) is 5.91 Å². The van der Waals surface area contributed by atoms with Crippen molar-refractivity contribution in [1.29, 1.82) is 0 Å². The number of carbonyl (C=O) groups is 1. The predicted octanol–water partition coefficient (Wildman–Crippen LogP) is 2.05. The van der Waals surface area contributed by atoms with E-state index >= 15 is 0 Å². The smallest absolute Gasteiger partial charge is 0.244 e. The third-order valence-electron chi connectivity index (χ3n) is 4.61. The Labute approximate surface area is 131 Å². The molecule has 2 rings (SSSR count). The fourth-order valence-corrected chi connectivity index (χ4v) is 2.93. The average molecular weight is 308 g/mol. The van der Waals surface area contributed by atoms with Crippen LogP contribution in [-0.4, -0.2) is 54.6 Å². The first-order chi connectivity index (χ1) is 10.4. The van der Waals surface area contributed by atoms with Gasteiger partial charge in [-0.05, 0) is 38.4 Å². The molecule has 1 fully saturated rings. The van der Waals surface area contributed by atoms with Crippen molar-refractivity contribution in [3.8, 4) is 0 Å². The molecule has 0 radical (unpaired) electrons. The molecule has 1 N–H and O–H groups in total. The summed E-state index contributed by atoms with van der Waals surface area (Å²) in [7, 11) is 3.58. The lowest BCUT2D eigenvalue weighted by Gasteiger charge is -2.40. The van der Waals surface area contributed by atoms with Crippen LogP contribution in [0.3, 0.4) is 0 Å². The number of likely N-dealkylation sites (N-methyl/N-ethyl adjacent to an activating group) is 1. The number of nitrogens with zero attached hydrogens (tertiary/aromatic N) is 2. The quantitative estimate of drug-likeness (QED) is 0.926. The molecular weight excluding hydrogens is 283 g/mol. The molecule has 5 heteroatoms. The number of hydrogen-bond donors (Lipinski definition) is 1. The molecule has 0 aliphatic carbocycles. The number of piperidine rings is 1. The summed E-state index contributed by atoms with van der Waals surface area (Å²) in [6.45, 7) is 3.39. The van der Waals surface area contributed by atoms with E-state index in [1.165, 1.54) is 6.07 Å². The van der Waals surface area contributed by atoms with Crippen LogP contribution >= 0.6 is 0 Å². The Morgan fingerprint density at radius 3 is 2.45 bits per heavy atom. The van der Waals surface area contributed by atoms with E-state index in [2.05, 4.69) is 0 Å². The van der Waals surface area contributed by atoms with Crippen molar-refractivity contribution in [2.24, 2.45) is 5.41 Å². The van der Waals surface area contributed by atoms with Gasteiger partial charge in [-0.15, -0.1) is 0 Å². The molecule has 0 unspecified atom stereocenters. The van der Waals surface area contributed by atoms with Gasteiger partial charge in [-0.25, -0.2) is 4.39 Å². The molecule has 122 valence electrons. The summed E-state index contributed by atoms with van der Waals surface area (Å²) >= 11 is 0. The van der Waals surface area contributed by atoms with Gasteiger partial charge in [-0.3, -0.25) is 9.69 Å². The lowest BCUT2D eigenvalue weighted by atomic mass is 9.81. The highest BCUT2D eigenvalue weighted by Gasteiger charge is 2.35. The summed E-state index contributed by atoms with van der Waals surface area (Å²) in [6, 6.07) is 5.82. The second-order valence-corrected chi connectivity index (χ2v) is 6.68. The van der Waals surface area contributed by atoms with Crippen LogP contribution in [0.1, 0.15) is 31.4 Å². The van der Waals surface area contributed by atoms with Gasteiger partial charge in [0.05, 0.1) is 0 Å². The first kappa shape index (κ1) is 16.9. The van der Waals surface area contributed by atoms with E-state index < -0.39 is 6.04 Å². The van der Waals surface area contributed by atoms with E-state index in [1.54, 1.807) is 42.1 Å². The van der Waals surface area contributed by atoms with E-state index in [9.17, 15) is 14.3 Å². The largest absolute Gasteiger partial charge is 0.396 e. The molecule has 0 spiro atoms. The molecule has 1 atom stereocenters. The summed E-state index contributed by atoms with van der Waals surface area (Å²) in [6.07, 6.45) is 1.54. The Kier molecular flexibility index (Phi) is 5.19. The second-order valence-electron chi connectivity index (χ2n) is 6.68. The first-order valence-electron chi connectivity index (χ1n) is 7.68. The average Bonchev–Trinajstić information content (AvgIpc) is 2.50. The molecule has 22 heavy (non-hydrogen) atoms. The molecular formula is C17H25FN2O2. The normalized spacial score (nSPS) is 19.3. The molecule has 0 bridgehead atoms. The fraction of sp³-hybridized carbons (Fsp3) is 0.588. The minimum atomic E-state index is -0.611. The van der Waals surface area contributed by atoms with Crippen LogP contribution in [0.2, 0.25) is 0 Å². The number of hydrogen-bond acceptors (Lipinski definition) is 3. The maximum absolute atomic E-state index is 14.1. The zero-order valence-corrected chi connectivity index (χ0v) is 13.6. The monoisotopic (exact) mass is 308 g/mol. The lowest BCUT2D eigenvalue weighted by molar-refractivity contribution is -0.139. The highest BCUT2D eigenvalue weighted by atomic mass is 19.1. The SMILES string of the molecule is CN(C)[C@H](C(=O)N1CCC(C)(CO)CC1)c1ccccc1F. The van der Waals surface area contributed by atoms with Crippen molar-refractivity contribution in [2.75, 3.05) is 33.8 Å². The second kappa shape index (κ2) is 6.75. The number of rotatable bonds is 4. The van der Waals surface area contributed by atoms with Crippen molar-refractivity contribution in [1.82, 2.24) is 9.80 Å². The van der Waals surface area contributed by atoms with Crippen LogP contribution in [0.5, 0.6) is 0 Å². The Balaban J connectivity index is 2.17. The Morgan fingerprint density at radius 2 is 1.95 bits per heavy atom. The van der Waals surface area contributed by atoms with Gasteiger partial charge >= 0.3 is 0 Å². The number of carbonyl (C=O) groups excluding carboxylic acids is 1. The van der Waals surface area contributed by atoms with Gasteiger partial charge in [0.15, 0.2) is 0 Å². The molecule has 0 saturated carbocycles. The van der Waals surface area contributed by atoms with Crippen molar-refractivity contribution < 1.29 is 14.3 Å². The summed E-state index contributed by atoms with van der Waals surface area (Å²) in [5.41, 5.74) is 0.301. The first-order valence-corrected chi connectivity index (χ1v) is 7.68. The van der Waals surface area contributed by atoms with Gasteiger partial charge in [0.1, 0.15) is 11.9 Å². The fourth-order valence-electron chi connectivity index (χ4n) is 2.93. The minimum absolute atomic E-state index is 0.0740. The molecule has 1 aromatic rings. The molecule has 1 aliphatic rings. The van der Waals surface area contributed by atoms with Gasteiger partial charge in [0.25, 0.3) is 0 Å². The maximum atomic E-state index is 14.1. The standard InChI is InChI=1S/C17H25FN2O2/c1-17(12-21)8-10-20(11-9-17)16(22)15(19(2)3)13-6-4-5-7-14(13)18/h4-7,15,21H,8-12H2,1-3H3/t15-/m0/s1. The number of halogens is 1. The molecule has 1 amide bonds. The van der Waals surface area contributed by atoms with E-state index in [4.69, 9.17) is 0 Å². The zero-order chi connectivity index (χ0) is 16.3. The molecule has 1 saturated heterocycles. The van der Waals surface area contributed by atoms with E-state index in [0.29, 0.717) is 18.7 Å². The summed E-state index contributed by atoms with van der Waals surface area (Å²) in [5, 5.41) is 9.43. The highest BCUT2D eigenvalue weighted by Crippen LogP contribution is 2.32. The highest BCUT2D eigenvalue weighted by molar-refractivity contribution is 5.83. The molecule has 1 heterocycles. The van der Waals surface area contributed by atoms with E-state index in [0.717, 1.165) is 12.8 Å². The number of likely N-dealkylation sites (tertiary alicyclic amines) is 1. The van der Waals surface area contributed by atoms with Gasteiger partial charge in [-0.2, -0.15) is 0 Å². The molecule has 1 aromatic carbocycles. The van der Waals surface area contributed by atoms with Crippen LogP contribution < -0.4 is 0 Å². The summed E-state index contributed by atoms with van der Waals surface area (Å²) < 4.78 is 14.1. The van der Waals surface area contributed by atoms with Crippen molar-refractivity contribution >= 4 is 5.91 Å². The third-order valence-corrected chi connectivity index (χ3v) is 4.61. The van der Waals surface area contributed by atoms with Gasteiger partial charge in [-0.1, -0.05) is 25.1 Å². The molecule has 1 aliphatic heterocycles. The molecule has 0 aromatic heterocycles. The Hall–Kier alpha value is -1.46. The van der Waals surface area contributed by atoms with E-state index in [-0.39, 0.29) is 23.7 Å². The number of benzene rings is 1. The van der Waals surface area contributed by atoms with Crippen molar-refractivity contribution in [3.05, 3.63) is 35.6 Å². The van der Waals surface area contributed by atoms with Gasteiger partial charge < -0.3 is 10.0 Å². The van der Waals surface area contributed by atoms with Crippen LogP contribution in [0.25, 0.3) is 0 Å². The van der Waals surface area contributed by atoms with Crippen LogP contribution in [0.15, 0.2) is 24.3 Å².